The second-order valence-corrected chi connectivity index (χ2v) is 4.16. The van der Waals surface area contributed by atoms with Crippen LogP contribution in [0, 0.1) is 0 Å². The van der Waals surface area contributed by atoms with E-state index in [1.165, 1.54) is 6.20 Å². The molecule has 1 atom stereocenters. The number of aldehydes is 1. The summed E-state index contributed by atoms with van der Waals surface area (Å²) in [5, 5.41) is 0. The number of nitrogens with zero attached hydrogens (tertiary/aromatic N) is 2. The number of rotatable bonds is 3. The number of aromatic nitrogens is 1. The lowest BCUT2D eigenvalue weighted by molar-refractivity contribution is -0.109. The van der Waals surface area contributed by atoms with Crippen LogP contribution < -0.4 is 10.6 Å². The van der Waals surface area contributed by atoms with Crippen molar-refractivity contribution in [2.45, 2.75) is 25.3 Å². The van der Waals surface area contributed by atoms with Crippen molar-refractivity contribution in [3.8, 4) is 0 Å². The van der Waals surface area contributed by atoms with Gasteiger partial charge in [0.1, 0.15) is 12.1 Å². The average molecular weight is 233 g/mol. The van der Waals surface area contributed by atoms with Gasteiger partial charge in [-0.15, -0.1) is 0 Å². The van der Waals surface area contributed by atoms with Crippen LogP contribution in [0.5, 0.6) is 0 Å². The van der Waals surface area contributed by atoms with Crippen LogP contribution in [0.25, 0.3) is 0 Å². The molecule has 0 bridgehead atoms. The highest BCUT2D eigenvalue weighted by Crippen LogP contribution is 2.21. The third kappa shape index (κ3) is 2.43. The summed E-state index contributed by atoms with van der Waals surface area (Å²) >= 11 is 0. The van der Waals surface area contributed by atoms with Gasteiger partial charge >= 0.3 is 0 Å². The molecule has 1 aliphatic heterocycles. The smallest absolute Gasteiger partial charge is 0.250 e. The summed E-state index contributed by atoms with van der Waals surface area (Å²) in [6.45, 7) is 0.826. The fourth-order valence-electron chi connectivity index (χ4n) is 2.08. The summed E-state index contributed by atoms with van der Waals surface area (Å²) in [5.41, 5.74) is 5.53. The van der Waals surface area contributed by atoms with Gasteiger partial charge in [-0.25, -0.2) is 4.98 Å². The summed E-state index contributed by atoms with van der Waals surface area (Å²) in [4.78, 5) is 28.1. The van der Waals surface area contributed by atoms with Crippen molar-refractivity contribution in [1.82, 2.24) is 4.98 Å². The largest absolute Gasteiger partial charge is 0.366 e. The molecule has 1 aromatic heterocycles. The number of nitrogens with two attached hydrogens (primary N) is 1. The highest BCUT2D eigenvalue weighted by Gasteiger charge is 2.22. The number of amides is 1. The first-order valence-electron chi connectivity index (χ1n) is 5.70. The molecular weight excluding hydrogens is 218 g/mol. The maximum absolute atomic E-state index is 11.0. The van der Waals surface area contributed by atoms with Gasteiger partial charge in [-0.3, -0.25) is 4.79 Å². The van der Waals surface area contributed by atoms with Crippen LogP contribution in [-0.4, -0.2) is 29.8 Å². The molecule has 1 unspecified atom stereocenters. The van der Waals surface area contributed by atoms with E-state index >= 15 is 0 Å². The summed E-state index contributed by atoms with van der Waals surface area (Å²) in [7, 11) is 0. The number of primary amides is 1. The minimum Gasteiger partial charge on any atom is -0.366 e. The van der Waals surface area contributed by atoms with E-state index in [4.69, 9.17) is 5.73 Å². The molecule has 17 heavy (non-hydrogen) atoms. The van der Waals surface area contributed by atoms with Gasteiger partial charge in [0, 0.05) is 12.7 Å². The fraction of sp³-hybridized carbons (Fsp3) is 0.417. The van der Waals surface area contributed by atoms with Crippen LogP contribution in [0.4, 0.5) is 5.82 Å². The maximum Gasteiger partial charge on any atom is 0.250 e. The molecule has 2 N–H and O–H groups in total. The van der Waals surface area contributed by atoms with Crippen LogP contribution in [0.15, 0.2) is 18.3 Å². The predicted octanol–water partition coefficient (Wildman–Crippen LogP) is 0.738. The molecule has 5 nitrogen and oxygen atoms in total. The Hall–Kier alpha value is -1.91. The van der Waals surface area contributed by atoms with Crippen molar-refractivity contribution in [3.63, 3.8) is 0 Å². The molecule has 0 saturated carbocycles. The molecule has 0 aromatic carbocycles. The van der Waals surface area contributed by atoms with Gasteiger partial charge in [0.05, 0.1) is 11.6 Å². The molecule has 2 rings (SSSR count). The van der Waals surface area contributed by atoms with E-state index < -0.39 is 5.91 Å². The zero-order valence-electron chi connectivity index (χ0n) is 9.50. The SMILES string of the molecule is NC(=O)c1ccc(N2CCCCC2C=O)nc1. The Morgan fingerprint density at radius 3 is 2.88 bits per heavy atom. The first-order valence-corrected chi connectivity index (χ1v) is 5.70. The van der Waals surface area contributed by atoms with Crippen molar-refractivity contribution in [1.29, 1.82) is 0 Å². The van der Waals surface area contributed by atoms with Crippen LogP contribution in [-0.2, 0) is 4.79 Å². The lowest BCUT2D eigenvalue weighted by Crippen LogP contribution is -2.41. The molecule has 0 spiro atoms. The van der Waals surface area contributed by atoms with Crippen molar-refractivity contribution >= 4 is 18.0 Å². The zero-order chi connectivity index (χ0) is 12.3. The second-order valence-electron chi connectivity index (χ2n) is 4.16. The number of hydrogen-bond acceptors (Lipinski definition) is 4. The van der Waals surface area contributed by atoms with E-state index in [0.717, 1.165) is 37.9 Å². The molecular formula is C12H15N3O2. The molecule has 1 aliphatic rings. The molecule has 90 valence electrons. The van der Waals surface area contributed by atoms with Crippen LogP contribution in [0.3, 0.4) is 0 Å². The van der Waals surface area contributed by atoms with Gasteiger partial charge in [0.2, 0.25) is 5.91 Å². The van der Waals surface area contributed by atoms with Gasteiger partial charge in [-0.2, -0.15) is 0 Å². The molecule has 0 aliphatic carbocycles. The van der Waals surface area contributed by atoms with Crippen molar-refractivity contribution in [3.05, 3.63) is 23.9 Å². The monoisotopic (exact) mass is 233 g/mol. The third-order valence-corrected chi connectivity index (χ3v) is 3.03. The van der Waals surface area contributed by atoms with Gasteiger partial charge < -0.3 is 15.4 Å². The van der Waals surface area contributed by atoms with E-state index in [9.17, 15) is 9.59 Å². The topological polar surface area (TPSA) is 76.3 Å². The van der Waals surface area contributed by atoms with Gasteiger partial charge in [-0.1, -0.05) is 0 Å². The van der Waals surface area contributed by atoms with Gasteiger partial charge in [0.15, 0.2) is 0 Å². The maximum atomic E-state index is 11.0. The first kappa shape index (κ1) is 11.6. The summed E-state index contributed by atoms with van der Waals surface area (Å²) < 4.78 is 0. The Labute approximate surface area is 99.6 Å². The minimum absolute atomic E-state index is 0.101. The number of anilines is 1. The highest BCUT2D eigenvalue weighted by molar-refractivity contribution is 5.92. The first-order chi connectivity index (χ1) is 8.22. The number of hydrogen-bond donors (Lipinski definition) is 1. The Morgan fingerprint density at radius 2 is 2.29 bits per heavy atom. The standard InChI is InChI=1S/C12H15N3O2/c13-12(17)9-4-5-11(14-7-9)15-6-2-1-3-10(15)8-16/h4-5,7-8,10H,1-3,6H2,(H2,13,17). The van der Waals surface area contributed by atoms with Crippen molar-refractivity contribution in [2.75, 3.05) is 11.4 Å². The average Bonchev–Trinajstić information content (AvgIpc) is 2.39. The van der Waals surface area contributed by atoms with Crippen molar-refractivity contribution in [2.24, 2.45) is 5.73 Å². The number of piperidine rings is 1. The summed E-state index contributed by atoms with van der Waals surface area (Å²) in [6, 6.07) is 3.28. The minimum atomic E-state index is -0.491. The van der Waals surface area contributed by atoms with E-state index in [1.807, 2.05) is 4.90 Å². The molecule has 5 heteroatoms. The summed E-state index contributed by atoms with van der Waals surface area (Å²) in [5.74, 6) is 0.237. The molecule has 0 radical (unpaired) electrons. The van der Waals surface area contributed by atoms with E-state index in [2.05, 4.69) is 4.98 Å². The molecule has 1 fully saturated rings. The third-order valence-electron chi connectivity index (χ3n) is 3.03. The zero-order valence-corrected chi connectivity index (χ0v) is 9.50. The summed E-state index contributed by atoms with van der Waals surface area (Å²) in [6.07, 6.45) is 5.41. The van der Waals surface area contributed by atoms with E-state index in [0.29, 0.717) is 5.56 Å². The fourth-order valence-corrected chi connectivity index (χ4v) is 2.08. The lowest BCUT2D eigenvalue weighted by atomic mass is 10.0. The van der Waals surface area contributed by atoms with Crippen LogP contribution >= 0.6 is 0 Å². The number of pyridine rings is 1. The molecule has 1 aromatic rings. The van der Waals surface area contributed by atoms with Gasteiger partial charge in [-0.05, 0) is 31.4 Å². The quantitative estimate of drug-likeness (QED) is 0.781. The molecule has 2 heterocycles. The highest BCUT2D eigenvalue weighted by atomic mass is 16.1. The normalized spacial score (nSPS) is 20.0. The number of carbonyl (C=O) groups is 2. The van der Waals surface area contributed by atoms with Gasteiger partial charge in [0.25, 0.3) is 0 Å². The Kier molecular flexibility index (Phi) is 3.37. The Bertz CT molecular complexity index is 416. The van der Waals surface area contributed by atoms with Crippen molar-refractivity contribution < 1.29 is 9.59 Å². The predicted molar refractivity (Wildman–Crippen MR) is 63.8 cm³/mol. The molecule has 1 amide bonds. The Balaban J connectivity index is 2.20. The second kappa shape index (κ2) is 4.95. The van der Waals surface area contributed by atoms with Crippen LogP contribution in [0.1, 0.15) is 29.6 Å². The molecule has 1 saturated heterocycles. The van der Waals surface area contributed by atoms with Crippen LogP contribution in [0.2, 0.25) is 0 Å². The lowest BCUT2D eigenvalue weighted by Gasteiger charge is -2.33. The van der Waals surface area contributed by atoms with E-state index in [1.54, 1.807) is 12.1 Å². The Morgan fingerprint density at radius 1 is 1.47 bits per heavy atom. The van der Waals surface area contributed by atoms with E-state index in [-0.39, 0.29) is 6.04 Å². The number of carbonyl (C=O) groups excluding carboxylic acids is 2.